The first kappa shape index (κ1) is 15.6. The molecule has 2 aliphatic rings. The molecule has 2 aliphatic heterocycles. The fourth-order valence-electron chi connectivity index (χ4n) is 3.08. The highest BCUT2D eigenvalue weighted by Crippen LogP contribution is 2.29. The van der Waals surface area contributed by atoms with Crippen LogP contribution in [-0.4, -0.2) is 59.2 Å². The molecule has 120 valence electrons. The number of amides is 1. The average molecular weight is 324 g/mol. The van der Waals surface area contributed by atoms with Gasteiger partial charge in [-0.3, -0.25) is 4.79 Å². The van der Waals surface area contributed by atoms with Gasteiger partial charge in [0.25, 0.3) is 5.91 Å². The summed E-state index contributed by atoms with van der Waals surface area (Å²) in [5, 5.41) is 10.5. The minimum atomic E-state index is -1.19. The molecule has 1 aromatic carbocycles. The number of para-hydroxylation sites is 1. The van der Waals surface area contributed by atoms with Gasteiger partial charge in [0.2, 0.25) is 0 Å². The number of aliphatic hydroxyl groups is 1. The van der Waals surface area contributed by atoms with Crippen molar-refractivity contribution in [2.24, 2.45) is 0 Å². The predicted octanol–water partition coefficient (Wildman–Crippen LogP) is 1.73. The second-order valence-corrected chi connectivity index (χ2v) is 7.10. The van der Waals surface area contributed by atoms with Crippen molar-refractivity contribution in [1.29, 1.82) is 0 Å². The van der Waals surface area contributed by atoms with Gasteiger partial charge in [-0.2, -0.15) is 11.8 Å². The molecule has 4 nitrogen and oxygen atoms in total. The summed E-state index contributed by atoms with van der Waals surface area (Å²) >= 11 is 1.78. The lowest BCUT2D eigenvalue weighted by atomic mass is 9.94. The molecule has 6 heteroatoms. The highest BCUT2D eigenvalue weighted by Gasteiger charge is 2.41. The van der Waals surface area contributed by atoms with E-state index in [-0.39, 0.29) is 11.7 Å². The van der Waals surface area contributed by atoms with E-state index < -0.39 is 5.60 Å². The topological polar surface area (TPSA) is 43.8 Å². The predicted molar refractivity (Wildman–Crippen MR) is 86.7 cm³/mol. The quantitative estimate of drug-likeness (QED) is 0.900. The van der Waals surface area contributed by atoms with Gasteiger partial charge in [-0.15, -0.1) is 0 Å². The van der Waals surface area contributed by atoms with Crippen molar-refractivity contribution < 1.29 is 14.3 Å². The highest BCUT2D eigenvalue weighted by atomic mass is 32.2. The standard InChI is InChI=1S/C16H21FN2O2S/c17-13-3-1-2-4-14(13)18-7-9-19(10-8-18)15(20)16(21)5-11-22-12-6-16/h1-4,21H,5-12H2. The van der Waals surface area contributed by atoms with Crippen LogP contribution in [0, 0.1) is 5.82 Å². The Kier molecular flexibility index (Phi) is 4.59. The summed E-state index contributed by atoms with van der Waals surface area (Å²) in [7, 11) is 0. The minimum Gasteiger partial charge on any atom is -0.380 e. The number of benzene rings is 1. The molecule has 0 radical (unpaired) electrons. The summed E-state index contributed by atoms with van der Waals surface area (Å²) in [6.07, 6.45) is 1.06. The van der Waals surface area contributed by atoms with Crippen LogP contribution in [0.2, 0.25) is 0 Å². The molecule has 0 saturated carbocycles. The molecular weight excluding hydrogens is 303 g/mol. The summed E-state index contributed by atoms with van der Waals surface area (Å²) in [5.74, 6) is 1.28. The first-order chi connectivity index (χ1) is 10.6. The van der Waals surface area contributed by atoms with Gasteiger partial charge in [0.1, 0.15) is 11.4 Å². The van der Waals surface area contributed by atoms with Crippen LogP contribution >= 0.6 is 11.8 Å². The van der Waals surface area contributed by atoms with E-state index in [2.05, 4.69) is 0 Å². The smallest absolute Gasteiger partial charge is 0.254 e. The first-order valence-electron chi connectivity index (χ1n) is 7.69. The Morgan fingerprint density at radius 1 is 1.14 bits per heavy atom. The molecule has 0 bridgehead atoms. The van der Waals surface area contributed by atoms with E-state index >= 15 is 0 Å². The zero-order valence-electron chi connectivity index (χ0n) is 12.5. The van der Waals surface area contributed by atoms with Crippen LogP contribution in [0.3, 0.4) is 0 Å². The minimum absolute atomic E-state index is 0.152. The number of piperazine rings is 1. The maximum Gasteiger partial charge on any atom is 0.254 e. The summed E-state index contributed by atoms with van der Waals surface area (Å²) in [6.45, 7) is 2.25. The third-order valence-electron chi connectivity index (χ3n) is 4.48. The SMILES string of the molecule is O=C(N1CCN(c2ccccc2F)CC1)C1(O)CCSCC1. The van der Waals surface area contributed by atoms with Crippen LogP contribution in [0.1, 0.15) is 12.8 Å². The number of carbonyl (C=O) groups is 1. The largest absolute Gasteiger partial charge is 0.380 e. The average Bonchev–Trinajstić information content (AvgIpc) is 2.55. The van der Waals surface area contributed by atoms with Crippen LogP contribution in [0.4, 0.5) is 10.1 Å². The highest BCUT2D eigenvalue weighted by molar-refractivity contribution is 7.99. The Morgan fingerprint density at radius 3 is 2.41 bits per heavy atom. The van der Waals surface area contributed by atoms with Gasteiger partial charge < -0.3 is 14.9 Å². The number of nitrogens with zero attached hydrogens (tertiary/aromatic N) is 2. The molecule has 0 spiro atoms. The normalized spacial score (nSPS) is 21.7. The van der Waals surface area contributed by atoms with E-state index in [0.29, 0.717) is 44.7 Å². The molecule has 0 unspecified atom stereocenters. The van der Waals surface area contributed by atoms with E-state index in [0.717, 1.165) is 11.5 Å². The third kappa shape index (κ3) is 3.08. The van der Waals surface area contributed by atoms with Crippen molar-refractivity contribution in [1.82, 2.24) is 4.90 Å². The van der Waals surface area contributed by atoms with E-state index in [4.69, 9.17) is 0 Å². The molecule has 2 heterocycles. The third-order valence-corrected chi connectivity index (χ3v) is 5.46. The van der Waals surface area contributed by atoms with Gasteiger partial charge in [0.15, 0.2) is 0 Å². The number of hydrogen-bond acceptors (Lipinski definition) is 4. The van der Waals surface area contributed by atoms with E-state index in [1.54, 1.807) is 28.8 Å². The fourth-order valence-corrected chi connectivity index (χ4v) is 4.24. The second-order valence-electron chi connectivity index (χ2n) is 5.87. The van der Waals surface area contributed by atoms with E-state index in [9.17, 15) is 14.3 Å². The van der Waals surface area contributed by atoms with Gasteiger partial charge >= 0.3 is 0 Å². The number of thioether (sulfide) groups is 1. The van der Waals surface area contributed by atoms with Crippen molar-refractivity contribution >= 4 is 23.4 Å². The lowest BCUT2D eigenvalue weighted by Crippen LogP contribution is -2.57. The van der Waals surface area contributed by atoms with E-state index in [1.165, 1.54) is 6.07 Å². The zero-order chi connectivity index (χ0) is 15.6. The lowest BCUT2D eigenvalue weighted by Gasteiger charge is -2.40. The van der Waals surface area contributed by atoms with Gasteiger partial charge in [0.05, 0.1) is 5.69 Å². The fraction of sp³-hybridized carbons (Fsp3) is 0.562. The van der Waals surface area contributed by atoms with Crippen LogP contribution in [0.25, 0.3) is 0 Å². The number of hydrogen-bond donors (Lipinski definition) is 1. The molecule has 0 aromatic heterocycles. The molecule has 1 amide bonds. The van der Waals surface area contributed by atoms with Crippen LogP contribution in [0.15, 0.2) is 24.3 Å². The Bertz CT molecular complexity index is 541. The Balaban J connectivity index is 1.62. The summed E-state index contributed by atoms with van der Waals surface area (Å²) in [4.78, 5) is 16.2. The van der Waals surface area contributed by atoms with Crippen molar-refractivity contribution in [3.8, 4) is 0 Å². The molecule has 0 atom stereocenters. The summed E-state index contributed by atoms with van der Waals surface area (Å²) in [6, 6.07) is 6.71. The number of rotatable bonds is 2. The molecule has 1 aromatic rings. The van der Waals surface area contributed by atoms with E-state index in [1.807, 2.05) is 11.0 Å². The first-order valence-corrected chi connectivity index (χ1v) is 8.85. The van der Waals surface area contributed by atoms with Gasteiger partial charge in [-0.1, -0.05) is 12.1 Å². The number of carbonyl (C=O) groups excluding carboxylic acids is 1. The molecule has 2 saturated heterocycles. The van der Waals surface area contributed by atoms with Gasteiger partial charge in [-0.05, 0) is 36.5 Å². The molecular formula is C16H21FN2O2S. The van der Waals surface area contributed by atoms with Gasteiger partial charge in [-0.25, -0.2) is 4.39 Å². The lowest BCUT2D eigenvalue weighted by molar-refractivity contribution is -0.152. The summed E-state index contributed by atoms with van der Waals surface area (Å²) < 4.78 is 13.8. The maximum atomic E-state index is 13.8. The Morgan fingerprint density at radius 2 is 1.77 bits per heavy atom. The second kappa shape index (κ2) is 6.46. The molecule has 3 rings (SSSR count). The molecule has 2 fully saturated rings. The summed E-state index contributed by atoms with van der Waals surface area (Å²) in [5.41, 5.74) is -0.604. The number of halogens is 1. The molecule has 0 aliphatic carbocycles. The number of anilines is 1. The Hall–Kier alpha value is -1.27. The van der Waals surface area contributed by atoms with Crippen LogP contribution in [-0.2, 0) is 4.79 Å². The van der Waals surface area contributed by atoms with Crippen LogP contribution < -0.4 is 4.90 Å². The maximum absolute atomic E-state index is 13.8. The van der Waals surface area contributed by atoms with Crippen molar-refractivity contribution in [2.75, 3.05) is 42.6 Å². The Labute approximate surface area is 134 Å². The molecule has 22 heavy (non-hydrogen) atoms. The van der Waals surface area contributed by atoms with Crippen molar-refractivity contribution in [3.05, 3.63) is 30.1 Å². The monoisotopic (exact) mass is 324 g/mol. The van der Waals surface area contributed by atoms with Crippen LogP contribution in [0.5, 0.6) is 0 Å². The molecule has 1 N–H and O–H groups in total. The zero-order valence-corrected chi connectivity index (χ0v) is 13.3. The van der Waals surface area contributed by atoms with Crippen molar-refractivity contribution in [2.45, 2.75) is 18.4 Å². The van der Waals surface area contributed by atoms with Crippen molar-refractivity contribution in [3.63, 3.8) is 0 Å². The van der Waals surface area contributed by atoms with Gasteiger partial charge in [0, 0.05) is 26.2 Å².